The number of nitrogens with two attached hydrogens (primary N) is 1. The van der Waals surface area contributed by atoms with Crippen LogP contribution >= 0.6 is 11.6 Å². The summed E-state index contributed by atoms with van der Waals surface area (Å²) >= 11 is 6.64. The Morgan fingerprint density at radius 2 is 1.77 bits per heavy atom. The monoisotopic (exact) mass is 873 g/mol. The van der Waals surface area contributed by atoms with Gasteiger partial charge in [0.15, 0.2) is 23.0 Å². The molecule has 324 valence electrons. The molecule has 2 fully saturated rings. The van der Waals surface area contributed by atoms with E-state index in [1.54, 1.807) is 55.1 Å². The molecule has 8 rings (SSSR count). The number of aryl methyl sites for hydroxylation is 1. The maximum absolute atomic E-state index is 16.4. The Bertz CT molecular complexity index is 2620. The number of hydrogen-bond donors (Lipinski definition) is 4. The highest BCUT2D eigenvalue weighted by atomic mass is 35.5. The van der Waals surface area contributed by atoms with Crippen LogP contribution in [0.3, 0.4) is 0 Å². The van der Waals surface area contributed by atoms with Gasteiger partial charge in [-0.1, -0.05) is 48.9 Å². The van der Waals surface area contributed by atoms with Gasteiger partial charge in [-0.3, -0.25) is 34.2 Å². The number of primary amides is 1. The van der Waals surface area contributed by atoms with E-state index in [1.165, 1.54) is 23.1 Å². The van der Waals surface area contributed by atoms with Gasteiger partial charge in [0.05, 0.1) is 35.8 Å². The summed E-state index contributed by atoms with van der Waals surface area (Å²) in [6, 6.07) is 14.8. The van der Waals surface area contributed by atoms with E-state index in [-0.39, 0.29) is 78.6 Å². The summed E-state index contributed by atoms with van der Waals surface area (Å²) in [7, 11) is 1.69. The van der Waals surface area contributed by atoms with Gasteiger partial charge in [-0.05, 0) is 61.7 Å². The molecule has 14 nitrogen and oxygen atoms in total. The average molecular weight is 874 g/mol. The molecule has 2 atom stereocenters. The Kier molecular flexibility index (Phi) is 11.6. The molecule has 4 aromatic carbocycles. The third kappa shape index (κ3) is 7.47. The lowest BCUT2D eigenvalue weighted by Gasteiger charge is -2.35. The van der Waals surface area contributed by atoms with E-state index in [0.717, 1.165) is 6.07 Å². The van der Waals surface area contributed by atoms with Crippen molar-refractivity contribution >= 4 is 52.1 Å². The first kappa shape index (κ1) is 42.5. The predicted molar refractivity (Wildman–Crippen MR) is 223 cm³/mol. The van der Waals surface area contributed by atoms with E-state index in [4.69, 9.17) is 26.8 Å². The molecular formula is C44H43ClF3N7O7. The number of rotatable bonds is 12. The molecule has 0 aliphatic carbocycles. The second-order valence-electron chi connectivity index (χ2n) is 15.7. The minimum Gasteiger partial charge on any atom is -0.488 e. The zero-order chi connectivity index (χ0) is 44.0. The van der Waals surface area contributed by atoms with Gasteiger partial charge >= 0.3 is 6.03 Å². The molecule has 2 saturated heterocycles. The summed E-state index contributed by atoms with van der Waals surface area (Å²) in [5.41, 5.74) is 5.41. The van der Waals surface area contributed by atoms with Crippen LogP contribution in [0.1, 0.15) is 65.1 Å². The number of piperidine rings is 1. The number of aromatic nitrogens is 2. The van der Waals surface area contributed by atoms with E-state index >= 15 is 13.2 Å². The summed E-state index contributed by atoms with van der Waals surface area (Å²) in [6.45, 7) is 2.07. The molecule has 0 spiro atoms. The number of hydrogen-bond acceptors (Lipinski definition) is 9. The largest absolute Gasteiger partial charge is 0.488 e. The van der Waals surface area contributed by atoms with Crippen LogP contribution in [0.5, 0.6) is 11.5 Å². The molecule has 1 aromatic heterocycles. The van der Waals surface area contributed by atoms with Gasteiger partial charge in [-0.15, -0.1) is 0 Å². The van der Waals surface area contributed by atoms with Crippen LogP contribution in [0.2, 0.25) is 5.02 Å². The van der Waals surface area contributed by atoms with E-state index < -0.39 is 58.1 Å². The molecule has 18 heteroatoms. The number of aliphatic hydroxyl groups is 1. The van der Waals surface area contributed by atoms with Crippen LogP contribution in [-0.2, 0) is 22.2 Å². The van der Waals surface area contributed by atoms with E-state index in [2.05, 4.69) is 15.7 Å². The summed E-state index contributed by atoms with van der Waals surface area (Å²) in [5.74, 6) is -5.02. The van der Waals surface area contributed by atoms with E-state index in [9.17, 15) is 24.3 Å². The number of benzene rings is 4. The Morgan fingerprint density at radius 1 is 1.03 bits per heavy atom. The van der Waals surface area contributed by atoms with Crippen LogP contribution < -0.4 is 30.7 Å². The zero-order valence-electron chi connectivity index (χ0n) is 33.8. The number of nitrogens with zero attached hydrogens (tertiary/aromatic N) is 4. The summed E-state index contributed by atoms with van der Waals surface area (Å²) in [5, 5.41) is 19.3. The van der Waals surface area contributed by atoms with Gasteiger partial charge < -0.3 is 25.6 Å². The standard InChI is InChI=1S/C44H43ClF3N7O7/c1-23-34-31(20-29(47)38(45)37(34)36-26(41(49)59)9-11-30(39(36)48)61-19-18-56)62-44(23,25-6-4-3-5-7-25)22-50-33(58)21-54-15-12-24(13-16-54)35-28(46)10-8-27-40(35)53(2)52-42(27)55-17-14-32(57)51-43(55)60/h3-11,20,23-24,56H,12-19,21-22H2,1-2H3,(H2,49,59)(H,50,58)(H,51,57,60). The Hall–Kier alpha value is -6.17. The first-order chi connectivity index (χ1) is 29.7. The molecule has 3 aliphatic heterocycles. The van der Waals surface area contributed by atoms with Crippen molar-refractivity contribution in [2.75, 3.05) is 50.8 Å². The number of nitrogens with one attached hydrogen (secondary N) is 2. The van der Waals surface area contributed by atoms with Crippen molar-refractivity contribution in [2.24, 2.45) is 12.8 Å². The zero-order valence-corrected chi connectivity index (χ0v) is 34.5. The number of likely N-dealkylation sites (tertiary alicyclic amines) is 1. The quantitative estimate of drug-likeness (QED) is 0.124. The number of imide groups is 1. The van der Waals surface area contributed by atoms with E-state index in [0.29, 0.717) is 53.8 Å². The fraction of sp³-hybridized carbons (Fsp3) is 0.341. The van der Waals surface area contributed by atoms with Crippen molar-refractivity contribution in [3.8, 4) is 22.6 Å². The summed E-state index contributed by atoms with van der Waals surface area (Å²) in [6.07, 6.45) is 1.17. The number of fused-ring (bicyclic) bond motifs is 2. The predicted octanol–water partition coefficient (Wildman–Crippen LogP) is 5.61. The van der Waals surface area contributed by atoms with Crippen molar-refractivity contribution in [3.63, 3.8) is 0 Å². The lowest BCUT2D eigenvalue weighted by molar-refractivity contribution is -0.123. The van der Waals surface area contributed by atoms with Crippen molar-refractivity contribution in [1.29, 1.82) is 0 Å². The Labute approximate surface area is 358 Å². The van der Waals surface area contributed by atoms with Crippen LogP contribution in [-0.4, -0.2) is 89.5 Å². The summed E-state index contributed by atoms with van der Waals surface area (Å²) < 4.78 is 61.4. The highest BCUT2D eigenvalue weighted by Gasteiger charge is 2.50. The maximum atomic E-state index is 16.4. The SMILES string of the molecule is CC1c2c(cc(F)c(Cl)c2-c2c(C(N)=O)ccc(OCCO)c2F)OC1(CNC(=O)CN1CCC(c2c(F)ccc3c(N4CCC(=O)NC4=O)nn(C)c23)CC1)c1ccccc1. The van der Waals surface area contributed by atoms with E-state index in [1.807, 2.05) is 4.90 Å². The van der Waals surface area contributed by atoms with Crippen molar-refractivity contribution in [1.82, 2.24) is 25.3 Å². The third-order valence-corrected chi connectivity index (χ3v) is 12.4. The second kappa shape index (κ2) is 16.9. The van der Waals surface area contributed by atoms with Gasteiger partial charge in [0.1, 0.15) is 24.0 Å². The first-order valence-electron chi connectivity index (χ1n) is 20.1. The minimum absolute atomic E-state index is 0.00374. The maximum Gasteiger partial charge on any atom is 0.329 e. The Morgan fingerprint density at radius 3 is 2.47 bits per heavy atom. The number of halogens is 4. The van der Waals surface area contributed by atoms with Crippen molar-refractivity contribution < 1.29 is 46.9 Å². The molecule has 0 bridgehead atoms. The first-order valence-corrected chi connectivity index (χ1v) is 20.5. The number of ether oxygens (including phenoxy) is 2. The van der Waals surface area contributed by atoms with Crippen LogP contribution in [0.4, 0.5) is 23.8 Å². The lowest BCUT2D eigenvalue weighted by Crippen LogP contribution is -2.49. The van der Waals surface area contributed by atoms with Crippen LogP contribution in [0, 0.1) is 17.5 Å². The molecule has 5 aromatic rings. The molecule has 5 N–H and O–H groups in total. The molecule has 4 heterocycles. The number of anilines is 1. The fourth-order valence-electron chi connectivity index (χ4n) is 9.07. The second-order valence-corrected chi connectivity index (χ2v) is 16.0. The van der Waals surface area contributed by atoms with Gasteiger partial charge in [-0.25, -0.2) is 18.0 Å². The van der Waals surface area contributed by atoms with Crippen molar-refractivity contribution in [2.45, 2.75) is 43.6 Å². The highest BCUT2D eigenvalue weighted by Crippen LogP contribution is 2.56. The molecule has 3 aliphatic rings. The number of aliphatic hydroxyl groups excluding tert-OH is 1. The number of amides is 5. The van der Waals surface area contributed by atoms with Gasteiger partial charge in [0.25, 0.3) is 0 Å². The molecule has 62 heavy (non-hydrogen) atoms. The topological polar surface area (TPSA) is 181 Å². The number of urea groups is 1. The van der Waals surface area contributed by atoms with Gasteiger partial charge in [0, 0.05) is 59.6 Å². The Balaban J connectivity index is 1.02. The van der Waals surface area contributed by atoms with Crippen LogP contribution in [0.25, 0.3) is 22.0 Å². The molecular weight excluding hydrogens is 831 g/mol. The molecule has 0 saturated carbocycles. The molecule has 0 radical (unpaired) electrons. The van der Waals surface area contributed by atoms with Crippen molar-refractivity contribution in [3.05, 3.63) is 105 Å². The van der Waals surface area contributed by atoms with Gasteiger partial charge in [-0.2, -0.15) is 5.10 Å². The highest BCUT2D eigenvalue weighted by molar-refractivity contribution is 6.34. The lowest BCUT2D eigenvalue weighted by atomic mass is 9.77. The normalized spacial score (nSPS) is 19.3. The van der Waals surface area contributed by atoms with Crippen LogP contribution in [0.15, 0.2) is 60.7 Å². The third-order valence-electron chi connectivity index (χ3n) is 12.1. The number of carbonyl (C=O) groups is 4. The summed E-state index contributed by atoms with van der Waals surface area (Å²) in [4.78, 5) is 54.2. The number of carbonyl (C=O) groups excluding carboxylic acids is 4. The minimum atomic E-state index is -1.37. The van der Waals surface area contributed by atoms with Gasteiger partial charge in [0.2, 0.25) is 17.7 Å². The fourth-order valence-corrected chi connectivity index (χ4v) is 9.32. The molecule has 5 amide bonds. The smallest absolute Gasteiger partial charge is 0.329 e. The average Bonchev–Trinajstić information content (AvgIpc) is 3.73. The molecule has 2 unspecified atom stereocenters.